The third-order valence-electron chi connectivity index (χ3n) is 4.62. The minimum absolute atomic E-state index is 0.219. The van der Waals surface area contributed by atoms with Gasteiger partial charge < -0.3 is 24.9 Å². The number of methoxy groups -OCH3 is 1. The molecule has 2 rings (SSSR count). The second kappa shape index (κ2) is 12.8. The summed E-state index contributed by atoms with van der Waals surface area (Å²) in [6.07, 6.45) is 5.49. The molecular formula is C22H33N3O3. The van der Waals surface area contributed by atoms with Gasteiger partial charge in [0.2, 0.25) is 0 Å². The van der Waals surface area contributed by atoms with E-state index in [4.69, 9.17) is 14.1 Å². The Bertz CT molecular complexity index is 663. The molecule has 6 heteroatoms. The molecule has 0 aliphatic carbocycles. The van der Waals surface area contributed by atoms with Gasteiger partial charge in [0, 0.05) is 26.1 Å². The van der Waals surface area contributed by atoms with Gasteiger partial charge in [-0.1, -0.05) is 25.5 Å². The predicted molar refractivity (Wildman–Crippen MR) is 113 cm³/mol. The van der Waals surface area contributed by atoms with Crippen LogP contribution in [0.1, 0.15) is 37.5 Å². The molecule has 28 heavy (non-hydrogen) atoms. The number of guanidine groups is 1. The van der Waals surface area contributed by atoms with Crippen LogP contribution in [-0.2, 0) is 13.0 Å². The van der Waals surface area contributed by atoms with Crippen molar-refractivity contribution >= 4 is 5.96 Å². The van der Waals surface area contributed by atoms with Crippen molar-refractivity contribution in [2.24, 2.45) is 10.9 Å². The molecule has 6 nitrogen and oxygen atoms in total. The molecule has 1 unspecified atom stereocenters. The SMILES string of the molecule is CCCC(CCO)CNC(=NCc1ccc(OC)cc1)NCCc1ccco1. The summed E-state index contributed by atoms with van der Waals surface area (Å²) in [6.45, 7) is 4.50. The molecule has 0 spiro atoms. The summed E-state index contributed by atoms with van der Waals surface area (Å²) in [5, 5.41) is 16.1. The van der Waals surface area contributed by atoms with Gasteiger partial charge in [0.1, 0.15) is 11.5 Å². The number of hydrogen-bond acceptors (Lipinski definition) is 4. The maximum absolute atomic E-state index is 9.28. The lowest BCUT2D eigenvalue weighted by Crippen LogP contribution is -2.41. The van der Waals surface area contributed by atoms with Crippen LogP contribution in [0.3, 0.4) is 0 Å². The Morgan fingerprint density at radius 2 is 2.00 bits per heavy atom. The fourth-order valence-corrected chi connectivity index (χ4v) is 3.01. The standard InChI is InChI=1S/C22H33N3O3/c1-3-5-18(12-14-26)16-24-22(23-13-11-21-6-4-15-28-21)25-17-19-7-9-20(27-2)10-8-19/h4,6-10,15,18,26H,3,5,11-14,16-17H2,1-2H3,(H2,23,24,25). The predicted octanol–water partition coefficient (Wildman–Crippen LogP) is 3.36. The van der Waals surface area contributed by atoms with Gasteiger partial charge in [0.15, 0.2) is 5.96 Å². The van der Waals surface area contributed by atoms with Crippen molar-refractivity contribution in [1.82, 2.24) is 10.6 Å². The zero-order valence-corrected chi connectivity index (χ0v) is 17.0. The lowest BCUT2D eigenvalue weighted by molar-refractivity contribution is 0.251. The summed E-state index contributed by atoms with van der Waals surface area (Å²) >= 11 is 0. The summed E-state index contributed by atoms with van der Waals surface area (Å²) in [5.74, 6) is 3.01. The second-order valence-electron chi connectivity index (χ2n) is 6.82. The van der Waals surface area contributed by atoms with Crippen LogP contribution in [0.4, 0.5) is 0 Å². The average molecular weight is 388 g/mol. The Morgan fingerprint density at radius 1 is 1.18 bits per heavy atom. The van der Waals surface area contributed by atoms with Gasteiger partial charge in [0.25, 0.3) is 0 Å². The highest BCUT2D eigenvalue weighted by molar-refractivity contribution is 5.79. The lowest BCUT2D eigenvalue weighted by atomic mass is 10.0. The number of rotatable bonds is 12. The number of benzene rings is 1. The van der Waals surface area contributed by atoms with Gasteiger partial charge in [-0.3, -0.25) is 0 Å². The Labute approximate surface area is 168 Å². The molecular weight excluding hydrogens is 354 g/mol. The number of aliphatic imine (C=N–C) groups is 1. The molecule has 1 atom stereocenters. The maximum atomic E-state index is 9.28. The lowest BCUT2D eigenvalue weighted by Gasteiger charge is -2.18. The molecule has 1 heterocycles. The second-order valence-corrected chi connectivity index (χ2v) is 6.82. The summed E-state index contributed by atoms with van der Waals surface area (Å²) in [6, 6.07) is 11.8. The highest BCUT2D eigenvalue weighted by Crippen LogP contribution is 2.12. The number of hydrogen-bond donors (Lipinski definition) is 3. The van der Waals surface area contributed by atoms with Gasteiger partial charge in [0.05, 0.1) is 19.9 Å². The molecule has 3 N–H and O–H groups in total. The van der Waals surface area contributed by atoms with Crippen LogP contribution < -0.4 is 15.4 Å². The minimum atomic E-state index is 0.219. The molecule has 0 fully saturated rings. The Balaban J connectivity index is 1.94. The average Bonchev–Trinajstić information content (AvgIpc) is 3.23. The van der Waals surface area contributed by atoms with Crippen LogP contribution in [0, 0.1) is 5.92 Å². The molecule has 154 valence electrons. The molecule has 0 saturated carbocycles. The van der Waals surface area contributed by atoms with Gasteiger partial charge >= 0.3 is 0 Å². The van der Waals surface area contributed by atoms with Crippen molar-refractivity contribution in [3.8, 4) is 5.75 Å². The van der Waals surface area contributed by atoms with Crippen LogP contribution >= 0.6 is 0 Å². The molecule has 1 aromatic heterocycles. The molecule has 0 aliphatic heterocycles. The first-order valence-electron chi connectivity index (χ1n) is 10.0. The van der Waals surface area contributed by atoms with E-state index in [0.717, 1.165) is 61.8 Å². The first-order chi connectivity index (χ1) is 13.7. The third-order valence-corrected chi connectivity index (χ3v) is 4.62. The zero-order chi connectivity index (χ0) is 20.0. The molecule has 0 bridgehead atoms. The number of nitrogens with zero attached hydrogens (tertiary/aromatic N) is 1. The monoisotopic (exact) mass is 387 g/mol. The van der Waals surface area contributed by atoms with Crippen molar-refractivity contribution in [3.05, 3.63) is 54.0 Å². The van der Waals surface area contributed by atoms with E-state index in [9.17, 15) is 5.11 Å². The number of aliphatic hydroxyl groups is 1. The van der Waals surface area contributed by atoms with E-state index in [-0.39, 0.29) is 6.61 Å². The smallest absolute Gasteiger partial charge is 0.191 e. The first kappa shape index (κ1) is 21.8. The van der Waals surface area contributed by atoms with Gasteiger partial charge in [-0.25, -0.2) is 4.99 Å². The van der Waals surface area contributed by atoms with Crippen LogP contribution in [0.5, 0.6) is 5.75 Å². The van der Waals surface area contributed by atoms with Crippen LogP contribution in [0.15, 0.2) is 52.1 Å². The summed E-state index contributed by atoms with van der Waals surface area (Å²) in [7, 11) is 1.66. The van der Waals surface area contributed by atoms with E-state index in [2.05, 4.69) is 17.6 Å². The van der Waals surface area contributed by atoms with Crippen LogP contribution in [-0.4, -0.2) is 37.9 Å². The highest BCUT2D eigenvalue weighted by atomic mass is 16.5. The maximum Gasteiger partial charge on any atom is 0.191 e. The van der Waals surface area contributed by atoms with Crippen molar-refractivity contribution in [2.45, 2.75) is 39.2 Å². The van der Waals surface area contributed by atoms with E-state index in [1.54, 1.807) is 13.4 Å². The third kappa shape index (κ3) is 8.05. The number of nitrogens with one attached hydrogen (secondary N) is 2. The van der Waals surface area contributed by atoms with E-state index < -0.39 is 0 Å². The Morgan fingerprint density at radius 3 is 2.64 bits per heavy atom. The highest BCUT2D eigenvalue weighted by Gasteiger charge is 2.09. The molecule has 1 aromatic carbocycles. The van der Waals surface area contributed by atoms with E-state index in [1.807, 2.05) is 36.4 Å². The summed E-state index contributed by atoms with van der Waals surface area (Å²) in [5.41, 5.74) is 1.12. The Hall–Kier alpha value is -2.47. The van der Waals surface area contributed by atoms with Crippen molar-refractivity contribution in [3.63, 3.8) is 0 Å². The van der Waals surface area contributed by atoms with E-state index in [1.165, 1.54) is 0 Å². The van der Waals surface area contributed by atoms with Crippen molar-refractivity contribution in [2.75, 3.05) is 26.8 Å². The largest absolute Gasteiger partial charge is 0.497 e. The molecule has 0 amide bonds. The van der Waals surface area contributed by atoms with Gasteiger partial charge in [-0.15, -0.1) is 0 Å². The van der Waals surface area contributed by atoms with Crippen molar-refractivity contribution in [1.29, 1.82) is 0 Å². The van der Waals surface area contributed by atoms with Crippen LogP contribution in [0.25, 0.3) is 0 Å². The number of furan rings is 1. The van der Waals surface area contributed by atoms with E-state index in [0.29, 0.717) is 12.5 Å². The topological polar surface area (TPSA) is 79.0 Å². The normalized spacial score (nSPS) is 12.6. The van der Waals surface area contributed by atoms with Gasteiger partial charge in [-0.2, -0.15) is 0 Å². The molecule has 0 saturated heterocycles. The number of ether oxygens (including phenoxy) is 1. The molecule has 0 aliphatic rings. The Kier molecular flexibility index (Phi) is 10.0. The minimum Gasteiger partial charge on any atom is -0.497 e. The molecule has 2 aromatic rings. The van der Waals surface area contributed by atoms with Crippen molar-refractivity contribution < 1.29 is 14.3 Å². The molecule has 0 radical (unpaired) electrons. The quantitative estimate of drug-likeness (QED) is 0.384. The fraction of sp³-hybridized carbons (Fsp3) is 0.500. The van der Waals surface area contributed by atoms with Crippen LogP contribution in [0.2, 0.25) is 0 Å². The number of aliphatic hydroxyl groups excluding tert-OH is 1. The zero-order valence-electron chi connectivity index (χ0n) is 17.0. The van der Waals surface area contributed by atoms with E-state index >= 15 is 0 Å². The fourth-order valence-electron chi connectivity index (χ4n) is 3.01. The first-order valence-corrected chi connectivity index (χ1v) is 10.0. The summed E-state index contributed by atoms with van der Waals surface area (Å²) < 4.78 is 10.6. The summed E-state index contributed by atoms with van der Waals surface area (Å²) in [4.78, 5) is 4.72. The van der Waals surface area contributed by atoms with Gasteiger partial charge in [-0.05, 0) is 48.6 Å².